The molecule has 0 saturated heterocycles. The van der Waals surface area contributed by atoms with E-state index in [9.17, 15) is 9.36 Å². The maximum atomic E-state index is 10.0. The highest BCUT2D eigenvalue weighted by Gasteiger charge is 2.11. The molecule has 0 aromatic carbocycles. The topological polar surface area (TPSA) is 96.2 Å². The lowest BCUT2D eigenvalue weighted by Gasteiger charge is -2.01. The molecule has 0 aromatic rings. The number of hydrogen-bond acceptors (Lipinski definition) is 4. The van der Waals surface area contributed by atoms with Gasteiger partial charge in [0.25, 0.3) is 0 Å². The van der Waals surface area contributed by atoms with Gasteiger partial charge in [0.15, 0.2) is 0 Å². The third-order valence-corrected chi connectivity index (χ3v) is 1.26. The quantitative estimate of drug-likeness (QED) is 0.265. The van der Waals surface area contributed by atoms with Gasteiger partial charge >= 0.3 is 7.82 Å². The van der Waals surface area contributed by atoms with Gasteiger partial charge in [-0.15, -0.1) is 0 Å². The van der Waals surface area contributed by atoms with Crippen LogP contribution in [0.3, 0.4) is 0 Å². The van der Waals surface area contributed by atoms with Crippen molar-refractivity contribution >= 4 is 13.9 Å². The number of isocyanates is 1. The first kappa shape index (κ1) is 10.5. The molecule has 0 unspecified atom stereocenters. The van der Waals surface area contributed by atoms with E-state index in [2.05, 4.69) is 9.52 Å². The van der Waals surface area contributed by atoms with Gasteiger partial charge in [-0.2, -0.15) is 0 Å². The largest absolute Gasteiger partial charge is 0.469 e. The number of phosphoric ester groups is 1. The van der Waals surface area contributed by atoms with Gasteiger partial charge in [-0.1, -0.05) is 0 Å². The standard InChI is InChI=1S/C4H8NO5P/c6-4-5-2-1-3-10-11(7,8)9/h1-3H2,(H2,7,8,9). The summed E-state index contributed by atoms with van der Waals surface area (Å²) in [5.74, 6) is 0. The lowest BCUT2D eigenvalue weighted by atomic mass is 10.5. The second-order valence-corrected chi connectivity index (χ2v) is 2.89. The van der Waals surface area contributed by atoms with Gasteiger partial charge in [0.05, 0.1) is 13.2 Å². The van der Waals surface area contributed by atoms with Crippen LogP contribution in [0.2, 0.25) is 0 Å². The van der Waals surface area contributed by atoms with E-state index in [0.29, 0.717) is 6.42 Å². The van der Waals surface area contributed by atoms with Crippen molar-refractivity contribution in [2.24, 2.45) is 4.99 Å². The third kappa shape index (κ3) is 9.49. The molecule has 0 heterocycles. The van der Waals surface area contributed by atoms with E-state index in [0.717, 1.165) is 0 Å². The fourth-order valence-corrected chi connectivity index (χ4v) is 0.740. The summed E-state index contributed by atoms with van der Waals surface area (Å²) in [6, 6.07) is 0. The van der Waals surface area contributed by atoms with E-state index in [1.807, 2.05) is 0 Å². The Bertz CT molecular complexity index is 193. The average Bonchev–Trinajstić information content (AvgIpc) is 1.85. The Morgan fingerprint density at radius 1 is 1.55 bits per heavy atom. The molecule has 0 saturated carbocycles. The minimum atomic E-state index is -4.35. The van der Waals surface area contributed by atoms with E-state index < -0.39 is 7.82 Å². The molecular weight excluding hydrogens is 173 g/mol. The van der Waals surface area contributed by atoms with Crippen LogP contribution in [0.1, 0.15) is 6.42 Å². The van der Waals surface area contributed by atoms with Crippen LogP contribution in [0.25, 0.3) is 0 Å². The first-order valence-electron chi connectivity index (χ1n) is 2.80. The predicted molar refractivity (Wildman–Crippen MR) is 35.6 cm³/mol. The molecule has 0 bridgehead atoms. The maximum absolute atomic E-state index is 10.0. The molecule has 64 valence electrons. The number of nitrogens with zero attached hydrogens (tertiary/aromatic N) is 1. The molecule has 6 nitrogen and oxygen atoms in total. The Hall–Kier alpha value is -0.510. The van der Waals surface area contributed by atoms with Crippen LogP contribution in [0, 0.1) is 0 Å². The van der Waals surface area contributed by atoms with E-state index in [1.165, 1.54) is 6.08 Å². The second kappa shape index (κ2) is 5.18. The number of rotatable bonds is 5. The number of aliphatic imine (C=N–C) groups is 1. The minimum Gasteiger partial charge on any atom is -0.303 e. The summed E-state index contributed by atoms with van der Waals surface area (Å²) >= 11 is 0. The molecule has 0 amide bonds. The minimum absolute atomic E-state index is 0.116. The predicted octanol–water partition coefficient (Wildman–Crippen LogP) is -0.178. The molecule has 0 rings (SSSR count). The van der Waals surface area contributed by atoms with Crippen LogP contribution in [0.4, 0.5) is 0 Å². The van der Waals surface area contributed by atoms with Gasteiger partial charge in [0, 0.05) is 0 Å². The van der Waals surface area contributed by atoms with Gasteiger partial charge in [0.1, 0.15) is 0 Å². The SMILES string of the molecule is O=C=NCCCOP(=O)(O)O. The van der Waals surface area contributed by atoms with E-state index >= 15 is 0 Å². The van der Waals surface area contributed by atoms with Crippen molar-refractivity contribution in [3.8, 4) is 0 Å². The van der Waals surface area contributed by atoms with Gasteiger partial charge in [-0.3, -0.25) is 4.52 Å². The van der Waals surface area contributed by atoms with E-state index in [4.69, 9.17) is 9.79 Å². The Kier molecular flexibility index (Phi) is 4.94. The summed E-state index contributed by atoms with van der Waals surface area (Å²) in [5.41, 5.74) is 0. The van der Waals surface area contributed by atoms with Crippen LogP contribution >= 0.6 is 7.82 Å². The average molecular weight is 181 g/mol. The van der Waals surface area contributed by atoms with E-state index in [-0.39, 0.29) is 13.2 Å². The molecule has 0 aliphatic heterocycles. The maximum Gasteiger partial charge on any atom is 0.469 e. The van der Waals surface area contributed by atoms with Gasteiger partial charge in [-0.25, -0.2) is 14.4 Å². The lowest BCUT2D eigenvalue weighted by molar-refractivity contribution is 0.196. The fraction of sp³-hybridized carbons (Fsp3) is 0.750. The zero-order chi connectivity index (χ0) is 8.74. The Morgan fingerprint density at radius 3 is 2.64 bits per heavy atom. The Balaban J connectivity index is 3.29. The first-order chi connectivity index (χ1) is 5.06. The van der Waals surface area contributed by atoms with Crippen molar-refractivity contribution in [3.63, 3.8) is 0 Å². The molecule has 0 spiro atoms. The van der Waals surface area contributed by atoms with Crippen molar-refractivity contribution in [3.05, 3.63) is 0 Å². The van der Waals surface area contributed by atoms with Crippen molar-refractivity contribution < 1.29 is 23.7 Å². The molecule has 0 aromatic heterocycles. The second-order valence-electron chi connectivity index (χ2n) is 1.65. The summed E-state index contributed by atoms with van der Waals surface area (Å²) in [4.78, 5) is 28.9. The highest BCUT2D eigenvalue weighted by Crippen LogP contribution is 2.35. The molecule has 0 aliphatic carbocycles. The highest BCUT2D eigenvalue weighted by molar-refractivity contribution is 7.46. The van der Waals surface area contributed by atoms with E-state index in [1.54, 1.807) is 0 Å². The molecule has 0 atom stereocenters. The van der Waals surface area contributed by atoms with Crippen molar-refractivity contribution in [2.75, 3.05) is 13.2 Å². The Labute approximate surface area is 63.1 Å². The van der Waals surface area contributed by atoms with Crippen LogP contribution in [0.5, 0.6) is 0 Å². The molecule has 2 N–H and O–H groups in total. The summed E-state index contributed by atoms with van der Waals surface area (Å²) in [5, 5.41) is 0. The molecule has 0 radical (unpaired) electrons. The molecule has 0 fully saturated rings. The van der Waals surface area contributed by atoms with Crippen LogP contribution in [-0.2, 0) is 13.9 Å². The monoisotopic (exact) mass is 181 g/mol. The summed E-state index contributed by atoms with van der Waals surface area (Å²) in [6.45, 7) is 0.0545. The van der Waals surface area contributed by atoms with Crippen molar-refractivity contribution in [1.82, 2.24) is 0 Å². The van der Waals surface area contributed by atoms with Gasteiger partial charge in [0.2, 0.25) is 6.08 Å². The molecule has 0 aliphatic rings. The smallest absolute Gasteiger partial charge is 0.303 e. The highest BCUT2D eigenvalue weighted by atomic mass is 31.2. The number of carbonyl (C=O) groups excluding carboxylic acids is 1. The fourth-order valence-electron chi connectivity index (χ4n) is 0.373. The zero-order valence-corrected chi connectivity index (χ0v) is 6.53. The molecular formula is C4H8NO5P. The van der Waals surface area contributed by atoms with Crippen LogP contribution < -0.4 is 0 Å². The number of hydrogen-bond donors (Lipinski definition) is 2. The summed E-state index contributed by atoms with van der Waals surface area (Å²) in [7, 11) is -4.35. The normalized spacial score (nSPS) is 10.7. The van der Waals surface area contributed by atoms with Crippen LogP contribution in [-0.4, -0.2) is 29.0 Å². The molecule has 7 heteroatoms. The lowest BCUT2D eigenvalue weighted by Crippen LogP contribution is -1.93. The number of phosphoric acid groups is 1. The van der Waals surface area contributed by atoms with Crippen molar-refractivity contribution in [2.45, 2.75) is 6.42 Å². The summed E-state index contributed by atoms with van der Waals surface area (Å²) in [6.07, 6.45) is 1.58. The van der Waals surface area contributed by atoms with Gasteiger partial charge in [-0.05, 0) is 6.42 Å². The van der Waals surface area contributed by atoms with Gasteiger partial charge < -0.3 is 9.79 Å². The first-order valence-corrected chi connectivity index (χ1v) is 4.33. The zero-order valence-electron chi connectivity index (χ0n) is 5.63. The van der Waals surface area contributed by atoms with Crippen LogP contribution in [0.15, 0.2) is 4.99 Å². The van der Waals surface area contributed by atoms with Crippen molar-refractivity contribution in [1.29, 1.82) is 0 Å². The third-order valence-electron chi connectivity index (χ3n) is 0.738. The molecule has 11 heavy (non-hydrogen) atoms. The Morgan fingerprint density at radius 2 is 2.18 bits per heavy atom. The summed E-state index contributed by atoms with van der Waals surface area (Å²) < 4.78 is 14.1.